The molecule has 1 aliphatic rings. The van der Waals surface area contributed by atoms with Crippen LogP contribution in [0.1, 0.15) is 29.4 Å². The van der Waals surface area contributed by atoms with E-state index in [1.165, 1.54) is 11.6 Å². The van der Waals surface area contributed by atoms with Gasteiger partial charge in [-0.05, 0) is 36.1 Å². The third kappa shape index (κ3) is 2.39. The average molecular weight is 319 g/mol. The predicted molar refractivity (Wildman–Crippen MR) is 76.9 cm³/mol. The SMILES string of the molecule is FC(F)(F)c1nnc2ccc(NC3CCc4ccccc43)nn12. The number of hydrogen-bond donors (Lipinski definition) is 1. The Morgan fingerprint density at radius 3 is 2.74 bits per heavy atom. The zero-order valence-electron chi connectivity index (χ0n) is 11.9. The molecule has 4 rings (SSSR count). The van der Waals surface area contributed by atoms with Crippen molar-refractivity contribution in [2.24, 2.45) is 0 Å². The number of alkyl halides is 3. The van der Waals surface area contributed by atoms with Crippen LogP contribution in [-0.4, -0.2) is 19.8 Å². The Bertz CT molecular complexity index is 871. The lowest BCUT2D eigenvalue weighted by molar-refractivity contribution is -0.146. The molecule has 3 aromatic rings. The summed E-state index contributed by atoms with van der Waals surface area (Å²) in [4.78, 5) is 0. The van der Waals surface area contributed by atoms with E-state index in [2.05, 4.69) is 26.7 Å². The first-order valence-electron chi connectivity index (χ1n) is 7.16. The van der Waals surface area contributed by atoms with Crippen LogP contribution in [0.15, 0.2) is 36.4 Å². The molecule has 0 fully saturated rings. The first-order valence-corrected chi connectivity index (χ1v) is 7.16. The Morgan fingerprint density at radius 1 is 1.09 bits per heavy atom. The second-order valence-electron chi connectivity index (χ2n) is 5.44. The highest BCUT2D eigenvalue weighted by Gasteiger charge is 2.37. The molecule has 1 N–H and O–H groups in total. The molecule has 1 unspecified atom stereocenters. The van der Waals surface area contributed by atoms with Gasteiger partial charge in [-0.25, -0.2) is 0 Å². The number of fused-ring (bicyclic) bond motifs is 2. The number of aromatic nitrogens is 4. The van der Waals surface area contributed by atoms with Crippen molar-refractivity contribution in [3.05, 3.63) is 53.3 Å². The highest BCUT2D eigenvalue weighted by molar-refractivity contribution is 5.47. The predicted octanol–water partition coefficient (Wildman–Crippen LogP) is 3.24. The summed E-state index contributed by atoms with van der Waals surface area (Å²) in [7, 11) is 0. The number of halogens is 3. The van der Waals surface area contributed by atoms with Crippen LogP contribution >= 0.6 is 0 Å². The van der Waals surface area contributed by atoms with Crippen molar-refractivity contribution >= 4 is 11.5 Å². The molecule has 5 nitrogen and oxygen atoms in total. The lowest BCUT2D eigenvalue weighted by Gasteiger charge is -2.15. The van der Waals surface area contributed by atoms with E-state index in [4.69, 9.17) is 0 Å². The van der Waals surface area contributed by atoms with Crippen LogP contribution < -0.4 is 5.32 Å². The Morgan fingerprint density at radius 2 is 1.91 bits per heavy atom. The molecule has 1 atom stereocenters. The molecular formula is C15H12F3N5. The molecule has 1 aromatic carbocycles. The number of nitrogens with zero attached hydrogens (tertiary/aromatic N) is 4. The Balaban J connectivity index is 1.68. The van der Waals surface area contributed by atoms with Crippen molar-refractivity contribution in [2.75, 3.05) is 5.32 Å². The Labute approximate surface area is 129 Å². The van der Waals surface area contributed by atoms with Crippen molar-refractivity contribution in [2.45, 2.75) is 25.1 Å². The molecule has 0 amide bonds. The Hall–Kier alpha value is -2.64. The summed E-state index contributed by atoms with van der Waals surface area (Å²) in [6.07, 6.45) is -2.77. The van der Waals surface area contributed by atoms with Gasteiger partial charge in [-0.2, -0.15) is 17.7 Å². The molecule has 23 heavy (non-hydrogen) atoms. The number of rotatable bonds is 2. The smallest absolute Gasteiger partial charge is 0.362 e. The third-order valence-corrected chi connectivity index (χ3v) is 3.97. The van der Waals surface area contributed by atoms with E-state index in [9.17, 15) is 13.2 Å². The van der Waals surface area contributed by atoms with Crippen LogP contribution in [0.25, 0.3) is 5.65 Å². The van der Waals surface area contributed by atoms with Crippen LogP contribution in [0.4, 0.5) is 19.0 Å². The summed E-state index contributed by atoms with van der Waals surface area (Å²) in [6.45, 7) is 0. The largest absolute Gasteiger partial charge is 0.453 e. The van der Waals surface area contributed by atoms with Crippen molar-refractivity contribution in [3.63, 3.8) is 0 Å². The van der Waals surface area contributed by atoms with Crippen LogP contribution in [0.2, 0.25) is 0 Å². The fourth-order valence-corrected chi connectivity index (χ4v) is 2.93. The fraction of sp³-hybridized carbons (Fsp3) is 0.267. The van der Waals surface area contributed by atoms with E-state index >= 15 is 0 Å². The number of aryl methyl sites for hydroxylation is 1. The first kappa shape index (κ1) is 14.0. The standard InChI is InChI=1S/C15H12F3N5/c16-15(17,18)14-21-20-13-8-7-12(22-23(13)14)19-11-6-5-9-3-1-2-4-10(9)11/h1-4,7-8,11H,5-6H2,(H,19,22). The molecule has 0 spiro atoms. The van der Waals surface area contributed by atoms with Crippen LogP contribution in [0.3, 0.4) is 0 Å². The monoisotopic (exact) mass is 319 g/mol. The number of anilines is 1. The van der Waals surface area contributed by atoms with Gasteiger partial charge in [0.1, 0.15) is 5.82 Å². The number of hydrogen-bond acceptors (Lipinski definition) is 4. The van der Waals surface area contributed by atoms with E-state index < -0.39 is 12.0 Å². The minimum absolute atomic E-state index is 0.0435. The molecule has 0 saturated heterocycles. The van der Waals surface area contributed by atoms with E-state index in [0.29, 0.717) is 5.82 Å². The summed E-state index contributed by atoms with van der Waals surface area (Å²) in [5.74, 6) is -0.757. The molecule has 1 aliphatic carbocycles. The maximum absolute atomic E-state index is 12.9. The molecule has 0 radical (unpaired) electrons. The minimum atomic E-state index is -4.59. The van der Waals surface area contributed by atoms with Gasteiger partial charge < -0.3 is 5.32 Å². The van der Waals surface area contributed by atoms with E-state index in [1.807, 2.05) is 18.2 Å². The molecule has 0 aliphatic heterocycles. The number of nitrogens with one attached hydrogen (secondary N) is 1. The quantitative estimate of drug-likeness (QED) is 0.788. The van der Waals surface area contributed by atoms with E-state index in [0.717, 1.165) is 22.9 Å². The third-order valence-electron chi connectivity index (χ3n) is 3.97. The lowest BCUT2D eigenvalue weighted by Crippen LogP contribution is -2.14. The zero-order chi connectivity index (χ0) is 16.0. The van der Waals surface area contributed by atoms with Crippen molar-refractivity contribution < 1.29 is 13.2 Å². The molecule has 2 heterocycles. The molecule has 2 aromatic heterocycles. The van der Waals surface area contributed by atoms with Crippen LogP contribution in [-0.2, 0) is 12.6 Å². The first-order chi connectivity index (χ1) is 11.0. The lowest BCUT2D eigenvalue weighted by atomic mass is 10.1. The summed E-state index contributed by atoms with van der Waals surface area (Å²) in [6, 6.07) is 11.2. The fourth-order valence-electron chi connectivity index (χ4n) is 2.93. The summed E-state index contributed by atoms with van der Waals surface area (Å²) in [5.41, 5.74) is 2.48. The highest BCUT2D eigenvalue weighted by Crippen LogP contribution is 2.33. The molecule has 118 valence electrons. The van der Waals surface area contributed by atoms with Crippen LogP contribution in [0.5, 0.6) is 0 Å². The van der Waals surface area contributed by atoms with Gasteiger partial charge in [0.2, 0.25) is 0 Å². The zero-order valence-corrected chi connectivity index (χ0v) is 11.9. The number of benzene rings is 1. The van der Waals surface area contributed by atoms with Gasteiger partial charge in [0.25, 0.3) is 5.82 Å². The van der Waals surface area contributed by atoms with Crippen molar-refractivity contribution in [3.8, 4) is 0 Å². The van der Waals surface area contributed by atoms with Gasteiger partial charge in [0.15, 0.2) is 5.65 Å². The van der Waals surface area contributed by atoms with Gasteiger partial charge in [-0.1, -0.05) is 24.3 Å². The van der Waals surface area contributed by atoms with Gasteiger partial charge in [0, 0.05) is 0 Å². The van der Waals surface area contributed by atoms with Gasteiger partial charge in [-0.15, -0.1) is 15.3 Å². The summed E-state index contributed by atoms with van der Waals surface area (Å²) in [5, 5.41) is 13.9. The minimum Gasteiger partial charge on any atom is -0.362 e. The van der Waals surface area contributed by atoms with E-state index in [1.54, 1.807) is 6.07 Å². The summed E-state index contributed by atoms with van der Waals surface area (Å²) < 4.78 is 39.4. The summed E-state index contributed by atoms with van der Waals surface area (Å²) >= 11 is 0. The van der Waals surface area contributed by atoms with E-state index in [-0.39, 0.29) is 11.7 Å². The van der Waals surface area contributed by atoms with Gasteiger partial charge in [-0.3, -0.25) is 0 Å². The van der Waals surface area contributed by atoms with Crippen molar-refractivity contribution in [1.29, 1.82) is 0 Å². The highest BCUT2D eigenvalue weighted by atomic mass is 19.4. The molecule has 0 bridgehead atoms. The van der Waals surface area contributed by atoms with Crippen LogP contribution in [0, 0.1) is 0 Å². The Kier molecular flexibility index (Phi) is 3.00. The second-order valence-corrected chi connectivity index (χ2v) is 5.44. The topological polar surface area (TPSA) is 55.1 Å². The van der Waals surface area contributed by atoms with Gasteiger partial charge >= 0.3 is 6.18 Å². The molecule has 8 heteroatoms. The normalized spacial score (nSPS) is 17.4. The molecular weight excluding hydrogens is 307 g/mol. The second kappa shape index (κ2) is 4.94. The van der Waals surface area contributed by atoms with Gasteiger partial charge in [0.05, 0.1) is 6.04 Å². The van der Waals surface area contributed by atoms with Crippen molar-refractivity contribution in [1.82, 2.24) is 19.8 Å². The maximum Gasteiger partial charge on any atom is 0.453 e. The molecule has 0 saturated carbocycles. The average Bonchev–Trinajstić information content (AvgIpc) is 3.11. The maximum atomic E-state index is 12.9.